The van der Waals surface area contributed by atoms with E-state index in [0.29, 0.717) is 5.69 Å². The maximum Gasteiger partial charge on any atom is 0.341 e. The summed E-state index contributed by atoms with van der Waals surface area (Å²) in [6.45, 7) is -0.532. The number of alkyl halides is 1. The zero-order valence-electron chi connectivity index (χ0n) is 8.07. The fourth-order valence-electron chi connectivity index (χ4n) is 1.03. The van der Waals surface area contributed by atoms with Crippen LogP contribution in [-0.2, 0) is 17.7 Å². The second-order valence-electron chi connectivity index (χ2n) is 2.92. The van der Waals surface area contributed by atoms with Crippen LogP contribution in [0.15, 0.2) is 17.1 Å². The van der Waals surface area contributed by atoms with E-state index in [2.05, 4.69) is 0 Å². The van der Waals surface area contributed by atoms with Crippen molar-refractivity contribution < 1.29 is 14.6 Å². The summed E-state index contributed by atoms with van der Waals surface area (Å²) in [6, 6.07) is 1.32. The van der Waals surface area contributed by atoms with E-state index in [4.69, 9.17) is 21.4 Å². The molecular formula is C9H10ClNO4. The van der Waals surface area contributed by atoms with Gasteiger partial charge in [0.2, 0.25) is 5.43 Å². The van der Waals surface area contributed by atoms with E-state index in [1.54, 1.807) is 11.6 Å². The van der Waals surface area contributed by atoms with Crippen molar-refractivity contribution in [3.63, 3.8) is 0 Å². The van der Waals surface area contributed by atoms with Crippen molar-refractivity contribution in [1.82, 2.24) is 4.57 Å². The van der Waals surface area contributed by atoms with Gasteiger partial charge in [0.15, 0.2) is 12.4 Å². The summed E-state index contributed by atoms with van der Waals surface area (Å²) in [5.41, 5.74) is 0.273. The molecule has 5 nitrogen and oxygen atoms in total. The molecule has 0 aromatic carbocycles. The molecule has 0 fully saturated rings. The molecule has 6 heteroatoms. The van der Waals surface area contributed by atoms with Crippen molar-refractivity contribution in [2.45, 2.75) is 5.88 Å². The second kappa shape index (κ2) is 4.84. The molecule has 1 rings (SSSR count). The van der Waals surface area contributed by atoms with Gasteiger partial charge in [-0.2, -0.15) is 0 Å². The smallest absolute Gasteiger partial charge is 0.341 e. The Balaban J connectivity index is 2.95. The fraction of sp³-hybridized carbons (Fsp3) is 0.333. The van der Waals surface area contributed by atoms with Gasteiger partial charge in [0.1, 0.15) is 0 Å². The molecule has 1 N–H and O–H groups in total. The van der Waals surface area contributed by atoms with Crippen molar-refractivity contribution in [3.8, 4) is 5.75 Å². The van der Waals surface area contributed by atoms with Gasteiger partial charge in [0.05, 0.1) is 12.1 Å². The van der Waals surface area contributed by atoms with Crippen molar-refractivity contribution in [1.29, 1.82) is 0 Å². The Morgan fingerprint density at radius 3 is 2.87 bits per heavy atom. The lowest BCUT2D eigenvalue weighted by Gasteiger charge is -2.08. The van der Waals surface area contributed by atoms with Gasteiger partial charge in [0, 0.05) is 18.8 Å². The molecule has 0 saturated heterocycles. The molecular weight excluding hydrogens is 222 g/mol. The minimum atomic E-state index is -1.13. The summed E-state index contributed by atoms with van der Waals surface area (Å²) in [7, 11) is 1.70. The van der Waals surface area contributed by atoms with Crippen LogP contribution in [0.1, 0.15) is 5.69 Å². The van der Waals surface area contributed by atoms with E-state index in [1.807, 2.05) is 0 Å². The summed E-state index contributed by atoms with van der Waals surface area (Å²) >= 11 is 5.59. The maximum absolute atomic E-state index is 11.4. The lowest BCUT2D eigenvalue weighted by atomic mass is 10.3. The molecule has 0 amide bonds. The molecule has 1 heterocycles. The zero-order valence-corrected chi connectivity index (χ0v) is 8.82. The highest BCUT2D eigenvalue weighted by atomic mass is 35.5. The number of hydrogen-bond acceptors (Lipinski definition) is 3. The third kappa shape index (κ3) is 2.99. The number of aliphatic carboxylic acids is 1. The van der Waals surface area contributed by atoms with Gasteiger partial charge >= 0.3 is 5.97 Å². The predicted molar refractivity (Wildman–Crippen MR) is 54.4 cm³/mol. The van der Waals surface area contributed by atoms with E-state index < -0.39 is 12.6 Å². The first kappa shape index (κ1) is 11.6. The van der Waals surface area contributed by atoms with E-state index in [9.17, 15) is 9.59 Å². The molecule has 15 heavy (non-hydrogen) atoms. The van der Waals surface area contributed by atoms with Gasteiger partial charge in [-0.15, -0.1) is 11.6 Å². The van der Waals surface area contributed by atoms with Crippen molar-refractivity contribution in [2.24, 2.45) is 7.05 Å². The van der Waals surface area contributed by atoms with Gasteiger partial charge in [-0.05, 0) is 0 Å². The highest BCUT2D eigenvalue weighted by Gasteiger charge is 2.06. The first-order chi connectivity index (χ1) is 7.04. The highest BCUT2D eigenvalue weighted by Crippen LogP contribution is 2.07. The molecule has 0 spiro atoms. The second-order valence-corrected chi connectivity index (χ2v) is 3.19. The number of aromatic nitrogens is 1. The third-order valence-corrected chi connectivity index (χ3v) is 2.07. The van der Waals surface area contributed by atoms with Crippen LogP contribution < -0.4 is 10.2 Å². The Bertz CT molecular complexity index is 427. The quantitative estimate of drug-likeness (QED) is 0.770. The zero-order chi connectivity index (χ0) is 11.4. The van der Waals surface area contributed by atoms with Crippen LogP contribution in [0.4, 0.5) is 0 Å². The van der Waals surface area contributed by atoms with Crippen LogP contribution >= 0.6 is 11.6 Å². The number of ether oxygens (including phenoxy) is 1. The summed E-state index contributed by atoms with van der Waals surface area (Å²) in [6.07, 6.45) is 1.42. The predicted octanol–water partition coefficient (Wildman–Crippen LogP) is 0.587. The fourth-order valence-corrected chi connectivity index (χ4v) is 1.29. The summed E-state index contributed by atoms with van der Waals surface area (Å²) in [5.74, 6) is -0.905. The number of hydrogen-bond donors (Lipinski definition) is 1. The molecule has 0 unspecified atom stereocenters. The largest absolute Gasteiger partial charge is 0.479 e. The van der Waals surface area contributed by atoms with Crippen LogP contribution in [-0.4, -0.2) is 22.2 Å². The molecule has 0 bridgehead atoms. The van der Waals surface area contributed by atoms with Crippen LogP contribution in [0.3, 0.4) is 0 Å². The Morgan fingerprint density at radius 2 is 2.33 bits per heavy atom. The van der Waals surface area contributed by atoms with E-state index >= 15 is 0 Å². The summed E-state index contributed by atoms with van der Waals surface area (Å²) in [4.78, 5) is 21.6. The number of carboxylic acids is 1. The van der Waals surface area contributed by atoms with Gasteiger partial charge in [-0.25, -0.2) is 4.79 Å². The van der Waals surface area contributed by atoms with Crippen molar-refractivity contribution in [2.75, 3.05) is 6.61 Å². The summed E-state index contributed by atoms with van der Waals surface area (Å²) in [5, 5.41) is 8.38. The molecule has 1 aromatic rings. The molecule has 82 valence electrons. The molecule has 0 atom stereocenters. The number of pyridine rings is 1. The molecule has 1 aromatic heterocycles. The molecule has 0 aliphatic rings. The molecule has 0 saturated carbocycles. The normalized spacial score (nSPS) is 10.0. The Morgan fingerprint density at radius 1 is 1.67 bits per heavy atom. The van der Waals surface area contributed by atoms with Gasteiger partial charge in [0.25, 0.3) is 0 Å². The van der Waals surface area contributed by atoms with E-state index in [-0.39, 0.29) is 17.1 Å². The lowest BCUT2D eigenvalue weighted by Crippen LogP contribution is -2.17. The number of carboxylic acid groups (broad SMARTS) is 1. The average Bonchev–Trinajstić information content (AvgIpc) is 2.18. The Kier molecular flexibility index (Phi) is 3.74. The highest BCUT2D eigenvalue weighted by molar-refractivity contribution is 6.16. The maximum atomic E-state index is 11.4. The first-order valence-electron chi connectivity index (χ1n) is 4.14. The summed E-state index contributed by atoms with van der Waals surface area (Å²) < 4.78 is 6.42. The monoisotopic (exact) mass is 231 g/mol. The third-order valence-electron chi connectivity index (χ3n) is 1.79. The van der Waals surface area contributed by atoms with Crippen molar-refractivity contribution >= 4 is 17.6 Å². The minimum Gasteiger partial charge on any atom is -0.479 e. The first-order valence-corrected chi connectivity index (χ1v) is 4.68. The van der Waals surface area contributed by atoms with Crippen LogP contribution in [0.25, 0.3) is 0 Å². The minimum absolute atomic E-state index is 0.00812. The number of carbonyl (C=O) groups is 1. The van der Waals surface area contributed by atoms with Gasteiger partial charge in [-0.3, -0.25) is 4.79 Å². The average molecular weight is 232 g/mol. The Hall–Kier alpha value is -1.49. The molecule has 0 aliphatic heterocycles. The van der Waals surface area contributed by atoms with Gasteiger partial charge in [-0.1, -0.05) is 0 Å². The van der Waals surface area contributed by atoms with E-state index in [0.717, 1.165) is 0 Å². The van der Waals surface area contributed by atoms with Crippen LogP contribution in [0.2, 0.25) is 0 Å². The van der Waals surface area contributed by atoms with Crippen LogP contribution in [0.5, 0.6) is 5.75 Å². The SMILES string of the molecule is Cn1cc(OCC(=O)O)c(=O)cc1CCl. The number of rotatable bonds is 4. The number of aryl methyl sites for hydroxylation is 1. The lowest BCUT2D eigenvalue weighted by molar-refractivity contribution is -0.139. The van der Waals surface area contributed by atoms with Gasteiger partial charge < -0.3 is 14.4 Å². The number of nitrogens with zero attached hydrogens (tertiary/aromatic N) is 1. The van der Waals surface area contributed by atoms with E-state index in [1.165, 1.54) is 12.3 Å². The van der Waals surface area contributed by atoms with Crippen molar-refractivity contribution in [3.05, 3.63) is 28.2 Å². The molecule has 0 aliphatic carbocycles. The standard InChI is InChI=1S/C9H10ClNO4/c1-11-4-8(15-5-9(13)14)7(12)2-6(11)3-10/h2,4H,3,5H2,1H3,(H,13,14). The van der Waals surface area contributed by atoms with Crippen LogP contribution in [0, 0.1) is 0 Å². The molecule has 0 radical (unpaired) electrons. The number of halogens is 1. The Labute approximate surface area is 90.9 Å². The topological polar surface area (TPSA) is 68.5 Å².